The van der Waals surface area contributed by atoms with Gasteiger partial charge in [-0.1, -0.05) is 6.07 Å². The Hall–Kier alpha value is -1.83. The van der Waals surface area contributed by atoms with Crippen LogP contribution in [0.3, 0.4) is 0 Å². The second-order valence-electron chi connectivity index (χ2n) is 3.73. The van der Waals surface area contributed by atoms with Crippen molar-refractivity contribution >= 4 is 0 Å². The zero-order valence-electron chi connectivity index (χ0n) is 8.53. The van der Waals surface area contributed by atoms with Crippen molar-refractivity contribution in [2.45, 2.75) is 6.42 Å². The van der Waals surface area contributed by atoms with Crippen LogP contribution in [0.2, 0.25) is 0 Å². The molecule has 0 fully saturated rings. The summed E-state index contributed by atoms with van der Waals surface area (Å²) in [5.74, 6) is 0.925. The monoisotopic (exact) mass is 197 g/mol. The molecule has 1 aromatic heterocycles. The number of pyridine rings is 1. The number of hydrogen-bond donors (Lipinski definition) is 0. The molecular formula is C13H11NO. The number of aromatic nitrogens is 1. The average Bonchev–Trinajstić information content (AvgIpc) is 2.66. The maximum Gasteiger partial charge on any atom is 0.119 e. The van der Waals surface area contributed by atoms with Gasteiger partial charge in [-0.2, -0.15) is 0 Å². The van der Waals surface area contributed by atoms with Crippen LogP contribution in [-0.4, -0.2) is 12.1 Å². The highest BCUT2D eigenvalue weighted by Gasteiger charge is 2.18. The van der Waals surface area contributed by atoms with E-state index in [1.165, 1.54) is 22.3 Å². The number of benzene rings is 1. The molecule has 0 aliphatic heterocycles. The Morgan fingerprint density at radius 2 is 2.00 bits per heavy atom. The standard InChI is InChI=1S/C13H11NO/c1-15-11-2-3-12-9(7-11)6-10-8-14-5-4-13(10)12/h2-5,7-8H,6H2,1H3. The van der Waals surface area contributed by atoms with Gasteiger partial charge in [-0.3, -0.25) is 4.98 Å². The number of methoxy groups -OCH3 is 1. The van der Waals surface area contributed by atoms with Crippen molar-refractivity contribution in [2.24, 2.45) is 0 Å². The molecule has 0 radical (unpaired) electrons. The van der Waals surface area contributed by atoms with Crippen molar-refractivity contribution < 1.29 is 4.74 Å². The smallest absolute Gasteiger partial charge is 0.119 e. The summed E-state index contributed by atoms with van der Waals surface area (Å²) in [6.07, 6.45) is 4.76. The van der Waals surface area contributed by atoms with Gasteiger partial charge < -0.3 is 4.74 Å². The first kappa shape index (κ1) is 8.48. The summed E-state index contributed by atoms with van der Waals surface area (Å²) >= 11 is 0. The lowest BCUT2D eigenvalue weighted by molar-refractivity contribution is 0.414. The molecule has 0 spiro atoms. The SMILES string of the molecule is COc1ccc2c(c1)Cc1cnccc1-2. The number of ether oxygens (including phenoxy) is 1. The Kier molecular flexibility index (Phi) is 1.75. The lowest BCUT2D eigenvalue weighted by atomic mass is 10.1. The van der Waals surface area contributed by atoms with Crippen molar-refractivity contribution in [3.63, 3.8) is 0 Å². The minimum Gasteiger partial charge on any atom is -0.497 e. The molecule has 2 aromatic rings. The summed E-state index contributed by atoms with van der Waals surface area (Å²) in [7, 11) is 1.70. The highest BCUT2D eigenvalue weighted by molar-refractivity contribution is 5.76. The third kappa shape index (κ3) is 1.22. The molecule has 3 rings (SSSR count). The van der Waals surface area contributed by atoms with Gasteiger partial charge in [0.25, 0.3) is 0 Å². The van der Waals surface area contributed by atoms with Crippen LogP contribution in [0, 0.1) is 0 Å². The molecule has 0 unspecified atom stereocenters. The summed E-state index contributed by atoms with van der Waals surface area (Å²) in [5.41, 5.74) is 5.26. The molecule has 74 valence electrons. The fourth-order valence-electron chi connectivity index (χ4n) is 2.14. The van der Waals surface area contributed by atoms with E-state index in [9.17, 15) is 0 Å². The molecule has 0 saturated heterocycles. The van der Waals surface area contributed by atoms with E-state index < -0.39 is 0 Å². The molecule has 0 amide bonds. The Morgan fingerprint density at radius 1 is 1.13 bits per heavy atom. The van der Waals surface area contributed by atoms with Crippen molar-refractivity contribution in [2.75, 3.05) is 7.11 Å². The minimum absolute atomic E-state index is 0.925. The van der Waals surface area contributed by atoms with Crippen LogP contribution in [0.5, 0.6) is 5.75 Å². The topological polar surface area (TPSA) is 22.1 Å². The second-order valence-corrected chi connectivity index (χ2v) is 3.73. The van der Waals surface area contributed by atoms with E-state index in [0.29, 0.717) is 0 Å². The van der Waals surface area contributed by atoms with Crippen molar-refractivity contribution in [1.82, 2.24) is 4.98 Å². The van der Waals surface area contributed by atoms with Gasteiger partial charge in [0.15, 0.2) is 0 Å². The van der Waals surface area contributed by atoms with Crippen LogP contribution in [0.15, 0.2) is 36.7 Å². The maximum atomic E-state index is 5.22. The highest BCUT2D eigenvalue weighted by Crippen LogP contribution is 2.37. The molecule has 2 nitrogen and oxygen atoms in total. The van der Waals surface area contributed by atoms with Gasteiger partial charge in [-0.25, -0.2) is 0 Å². The van der Waals surface area contributed by atoms with Crippen molar-refractivity contribution in [3.05, 3.63) is 47.8 Å². The minimum atomic E-state index is 0.925. The molecule has 0 bridgehead atoms. The van der Waals surface area contributed by atoms with Gasteiger partial charge in [-0.15, -0.1) is 0 Å². The van der Waals surface area contributed by atoms with Crippen LogP contribution in [-0.2, 0) is 6.42 Å². The highest BCUT2D eigenvalue weighted by atomic mass is 16.5. The quantitative estimate of drug-likeness (QED) is 0.598. The fourth-order valence-corrected chi connectivity index (χ4v) is 2.14. The van der Waals surface area contributed by atoms with Gasteiger partial charge in [0.05, 0.1) is 7.11 Å². The Morgan fingerprint density at radius 3 is 2.87 bits per heavy atom. The van der Waals surface area contributed by atoms with E-state index in [-0.39, 0.29) is 0 Å². The van der Waals surface area contributed by atoms with Gasteiger partial charge in [0, 0.05) is 18.8 Å². The molecule has 2 heteroatoms. The summed E-state index contributed by atoms with van der Waals surface area (Å²) in [5, 5.41) is 0. The third-order valence-corrected chi connectivity index (χ3v) is 2.89. The summed E-state index contributed by atoms with van der Waals surface area (Å²) in [6, 6.07) is 8.32. The van der Waals surface area contributed by atoms with Crippen LogP contribution in [0.4, 0.5) is 0 Å². The predicted molar refractivity (Wildman–Crippen MR) is 59.0 cm³/mol. The molecule has 1 aliphatic carbocycles. The zero-order chi connectivity index (χ0) is 10.3. The van der Waals surface area contributed by atoms with E-state index >= 15 is 0 Å². The van der Waals surface area contributed by atoms with E-state index in [2.05, 4.69) is 23.2 Å². The Bertz CT molecular complexity index is 520. The molecule has 1 aliphatic rings. The van der Waals surface area contributed by atoms with Gasteiger partial charge in [-0.05, 0) is 40.5 Å². The molecule has 0 N–H and O–H groups in total. The summed E-state index contributed by atoms with van der Waals surface area (Å²) in [4.78, 5) is 4.15. The Labute approximate surface area is 88.5 Å². The molecule has 15 heavy (non-hydrogen) atoms. The van der Waals surface area contributed by atoms with Crippen LogP contribution >= 0.6 is 0 Å². The number of fused-ring (bicyclic) bond motifs is 3. The van der Waals surface area contributed by atoms with Gasteiger partial charge in [0.1, 0.15) is 5.75 Å². The number of nitrogens with zero attached hydrogens (tertiary/aromatic N) is 1. The van der Waals surface area contributed by atoms with Crippen molar-refractivity contribution in [3.8, 4) is 16.9 Å². The second kappa shape index (κ2) is 3.09. The first-order valence-electron chi connectivity index (χ1n) is 4.98. The van der Waals surface area contributed by atoms with Gasteiger partial charge >= 0.3 is 0 Å². The van der Waals surface area contributed by atoms with Crippen LogP contribution in [0.25, 0.3) is 11.1 Å². The molecule has 0 atom stereocenters. The lowest BCUT2D eigenvalue weighted by Crippen LogP contribution is -1.85. The number of rotatable bonds is 1. The van der Waals surface area contributed by atoms with Crippen LogP contribution in [0.1, 0.15) is 11.1 Å². The molecule has 0 saturated carbocycles. The van der Waals surface area contributed by atoms with E-state index in [1.807, 2.05) is 18.5 Å². The van der Waals surface area contributed by atoms with E-state index in [4.69, 9.17) is 4.74 Å². The average molecular weight is 197 g/mol. The van der Waals surface area contributed by atoms with Crippen molar-refractivity contribution in [1.29, 1.82) is 0 Å². The maximum absolute atomic E-state index is 5.22. The predicted octanol–water partition coefficient (Wildman–Crippen LogP) is 2.66. The van der Waals surface area contributed by atoms with Gasteiger partial charge in [0.2, 0.25) is 0 Å². The number of hydrogen-bond acceptors (Lipinski definition) is 2. The molecular weight excluding hydrogens is 186 g/mol. The fraction of sp³-hybridized carbons (Fsp3) is 0.154. The van der Waals surface area contributed by atoms with E-state index in [0.717, 1.165) is 12.2 Å². The van der Waals surface area contributed by atoms with Crippen LogP contribution < -0.4 is 4.74 Å². The largest absolute Gasteiger partial charge is 0.497 e. The summed E-state index contributed by atoms with van der Waals surface area (Å²) in [6.45, 7) is 0. The lowest BCUT2D eigenvalue weighted by Gasteiger charge is -2.03. The summed E-state index contributed by atoms with van der Waals surface area (Å²) < 4.78 is 5.22. The zero-order valence-corrected chi connectivity index (χ0v) is 8.53. The third-order valence-electron chi connectivity index (χ3n) is 2.89. The molecule has 1 heterocycles. The molecule has 1 aromatic carbocycles. The first-order chi connectivity index (χ1) is 7.38. The Balaban J connectivity index is 2.18. The van der Waals surface area contributed by atoms with E-state index in [1.54, 1.807) is 7.11 Å². The normalized spacial score (nSPS) is 12.1. The first-order valence-corrected chi connectivity index (χ1v) is 4.98.